The molecule has 0 unspecified atom stereocenters. The van der Waals surface area contributed by atoms with Gasteiger partial charge in [0.1, 0.15) is 5.75 Å². The normalized spacial score (nSPS) is 11.2. The van der Waals surface area contributed by atoms with Crippen molar-refractivity contribution in [3.05, 3.63) is 64.7 Å². The number of carbonyl (C=O) groups excluding carboxylic acids is 1. The van der Waals surface area contributed by atoms with E-state index in [4.69, 9.17) is 4.74 Å². The maximum atomic E-state index is 12.9. The number of hydrogen-bond acceptors (Lipinski definition) is 4. The quantitative estimate of drug-likeness (QED) is 0.451. The molecule has 0 bridgehead atoms. The minimum absolute atomic E-state index is 0.216. The highest BCUT2D eigenvalue weighted by atomic mass is 32.2. The van der Waals surface area contributed by atoms with Crippen molar-refractivity contribution in [2.45, 2.75) is 18.2 Å². The molecule has 1 N–H and O–H groups in total. The number of hydrogen-bond donors (Lipinski definition) is 1. The number of aryl methyl sites for hydroxylation is 1. The van der Waals surface area contributed by atoms with E-state index in [1.165, 1.54) is 7.11 Å². The molecule has 2 aromatic carbocycles. The molecule has 130 valence electrons. The fourth-order valence-corrected chi connectivity index (χ4v) is 2.84. The summed E-state index contributed by atoms with van der Waals surface area (Å²) in [6.07, 6.45) is 3.26. The first-order chi connectivity index (χ1) is 11.9. The third kappa shape index (κ3) is 4.97. The Kier molecular flexibility index (Phi) is 6.42. The molecule has 0 amide bonds. The van der Waals surface area contributed by atoms with Crippen molar-refractivity contribution in [2.24, 2.45) is 0 Å². The maximum absolute atomic E-state index is 12.9. The number of benzene rings is 2. The molecule has 2 aromatic rings. The number of ether oxygens (including phenoxy) is 1. The van der Waals surface area contributed by atoms with Crippen LogP contribution in [0.2, 0.25) is 0 Å². The van der Waals surface area contributed by atoms with Gasteiger partial charge in [-0.1, -0.05) is 23.8 Å². The summed E-state index contributed by atoms with van der Waals surface area (Å²) in [6.45, 7) is 1.87. The van der Waals surface area contributed by atoms with E-state index in [-0.39, 0.29) is 17.8 Å². The number of carbonyl (C=O) groups is 2. The van der Waals surface area contributed by atoms with Gasteiger partial charge in [-0.2, -0.15) is 0 Å². The van der Waals surface area contributed by atoms with Crippen molar-refractivity contribution in [2.75, 3.05) is 13.4 Å². The van der Waals surface area contributed by atoms with Gasteiger partial charge < -0.3 is 9.84 Å². The summed E-state index contributed by atoms with van der Waals surface area (Å²) in [5, 5.41) is 9.19. The average Bonchev–Trinajstić information content (AvgIpc) is 2.60. The van der Waals surface area contributed by atoms with Crippen LogP contribution in [0.25, 0.3) is 6.08 Å². The van der Waals surface area contributed by atoms with Crippen LogP contribution in [0, 0.1) is 6.92 Å². The average molecular weight is 356 g/mol. The lowest BCUT2D eigenvalue weighted by atomic mass is 9.96. The van der Waals surface area contributed by atoms with Crippen molar-refractivity contribution in [3.63, 3.8) is 0 Å². The zero-order chi connectivity index (χ0) is 18.4. The van der Waals surface area contributed by atoms with E-state index in [1.54, 1.807) is 30.0 Å². The Morgan fingerprint density at radius 2 is 1.84 bits per heavy atom. The second kappa shape index (κ2) is 8.53. The highest BCUT2D eigenvalue weighted by Crippen LogP contribution is 2.25. The van der Waals surface area contributed by atoms with Gasteiger partial charge in [0.05, 0.1) is 19.1 Å². The zero-order valence-corrected chi connectivity index (χ0v) is 15.2. The number of aliphatic carboxylic acids is 1. The monoisotopic (exact) mass is 356 g/mol. The topological polar surface area (TPSA) is 63.6 Å². The van der Waals surface area contributed by atoms with Crippen molar-refractivity contribution in [1.29, 1.82) is 0 Å². The molecule has 0 aromatic heterocycles. The van der Waals surface area contributed by atoms with Gasteiger partial charge in [0.2, 0.25) is 0 Å². The van der Waals surface area contributed by atoms with E-state index < -0.39 is 5.97 Å². The Morgan fingerprint density at radius 1 is 1.16 bits per heavy atom. The van der Waals surface area contributed by atoms with E-state index in [0.29, 0.717) is 11.3 Å². The Morgan fingerprint density at radius 3 is 2.40 bits per heavy atom. The minimum atomic E-state index is -1.05. The van der Waals surface area contributed by atoms with Crippen molar-refractivity contribution >= 4 is 29.6 Å². The third-order valence-corrected chi connectivity index (χ3v) is 4.43. The predicted octanol–water partition coefficient (Wildman–Crippen LogP) is 4.47. The number of thioether (sulfide) groups is 1. The highest BCUT2D eigenvalue weighted by Gasteiger charge is 2.19. The minimum Gasteiger partial charge on any atom is -0.496 e. The van der Waals surface area contributed by atoms with Crippen LogP contribution in [0.1, 0.15) is 27.9 Å². The molecule has 0 atom stereocenters. The summed E-state index contributed by atoms with van der Waals surface area (Å²) in [5.74, 6) is -0.950. The molecule has 0 aliphatic rings. The molecule has 2 rings (SSSR count). The standard InChI is InChI=1S/C20H20O4S/c1-13-4-9-18(24-2)17(10-13)20(23)15(12-19(21)22)11-14-5-7-16(25-3)8-6-14/h4-11H,12H2,1-3H3,(H,21,22)/b15-11-. The summed E-state index contributed by atoms with van der Waals surface area (Å²) in [7, 11) is 1.49. The lowest BCUT2D eigenvalue weighted by Gasteiger charge is -2.10. The van der Waals surface area contributed by atoms with E-state index in [1.807, 2.05) is 43.5 Å². The Bertz CT molecular complexity index is 807. The molecule has 0 spiro atoms. The van der Waals surface area contributed by atoms with Crippen LogP contribution < -0.4 is 4.74 Å². The Labute approximate surface area is 151 Å². The molecule has 5 heteroatoms. The SMILES string of the molecule is COc1ccc(C)cc1C(=O)/C(=C\c1ccc(SC)cc1)CC(=O)O. The largest absolute Gasteiger partial charge is 0.496 e. The van der Waals surface area contributed by atoms with E-state index in [0.717, 1.165) is 16.0 Å². The smallest absolute Gasteiger partial charge is 0.307 e. The number of carboxylic acids is 1. The van der Waals surface area contributed by atoms with E-state index >= 15 is 0 Å². The van der Waals surface area contributed by atoms with Gasteiger partial charge in [0.15, 0.2) is 5.78 Å². The Hall–Kier alpha value is -2.53. The fourth-order valence-electron chi connectivity index (χ4n) is 2.43. The lowest BCUT2D eigenvalue weighted by Crippen LogP contribution is -2.10. The summed E-state index contributed by atoms with van der Waals surface area (Å²) < 4.78 is 5.26. The molecule has 0 saturated heterocycles. The molecular formula is C20H20O4S. The van der Waals surface area contributed by atoms with Gasteiger partial charge in [0.25, 0.3) is 0 Å². The van der Waals surface area contributed by atoms with Gasteiger partial charge in [-0.3, -0.25) is 9.59 Å². The fraction of sp³-hybridized carbons (Fsp3) is 0.200. The first-order valence-electron chi connectivity index (χ1n) is 7.70. The number of carboxylic acid groups (broad SMARTS) is 1. The Balaban J connectivity index is 2.45. The summed E-state index contributed by atoms with van der Waals surface area (Å²) in [6, 6.07) is 12.9. The molecule has 4 nitrogen and oxygen atoms in total. The second-order valence-corrected chi connectivity index (χ2v) is 6.43. The molecule has 0 heterocycles. The van der Waals surface area contributed by atoms with Gasteiger partial charge >= 0.3 is 5.97 Å². The van der Waals surface area contributed by atoms with Crippen LogP contribution in [-0.2, 0) is 4.79 Å². The molecule has 0 saturated carbocycles. The molecule has 25 heavy (non-hydrogen) atoms. The lowest BCUT2D eigenvalue weighted by molar-refractivity contribution is -0.136. The van der Waals surface area contributed by atoms with Crippen LogP contribution in [-0.4, -0.2) is 30.2 Å². The highest BCUT2D eigenvalue weighted by molar-refractivity contribution is 7.98. The predicted molar refractivity (Wildman–Crippen MR) is 101 cm³/mol. The molecular weight excluding hydrogens is 336 g/mol. The van der Waals surface area contributed by atoms with Gasteiger partial charge in [-0.25, -0.2) is 0 Å². The van der Waals surface area contributed by atoms with E-state index in [2.05, 4.69) is 0 Å². The number of rotatable bonds is 7. The van der Waals surface area contributed by atoms with Crippen LogP contribution >= 0.6 is 11.8 Å². The zero-order valence-electron chi connectivity index (χ0n) is 14.4. The summed E-state index contributed by atoms with van der Waals surface area (Å²) >= 11 is 1.62. The maximum Gasteiger partial charge on any atom is 0.307 e. The number of ketones is 1. The van der Waals surface area contributed by atoms with Crippen molar-refractivity contribution in [1.82, 2.24) is 0 Å². The molecule has 0 fully saturated rings. The van der Waals surface area contributed by atoms with Gasteiger partial charge in [-0.05, 0) is 49.1 Å². The first-order valence-corrected chi connectivity index (χ1v) is 8.93. The molecule has 0 aliphatic carbocycles. The summed E-state index contributed by atoms with van der Waals surface area (Å²) in [5.41, 5.74) is 2.28. The second-order valence-electron chi connectivity index (χ2n) is 5.55. The van der Waals surface area contributed by atoms with Gasteiger partial charge in [0, 0.05) is 10.5 Å². The van der Waals surface area contributed by atoms with Crippen LogP contribution in [0.5, 0.6) is 5.75 Å². The number of methoxy groups -OCH3 is 1. The number of Topliss-reactive ketones (excluding diaryl/α,β-unsaturated/α-hetero) is 1. The van der Waals surface area contributed by atoms with Crippen molar-refractivity contribution in [3.8, 4) is 5.75 Å². The molecule has 0 aliphatic heterocycles. The summed E-state index contributed by atoms with van der Waals surface area (Å²) in [4.78, 5) is 25.3. The third-order valence-electron chi connectivity index (χ3n) is 3.69. The van der Waals surface area contributed by atoms with Crippen LogP contribution in [0.15, 0.2) is 52.9 Å². The van der Waals surface area contributed by atoms with Crippen LogP contribution in [0.4, 0.5) is 0 Å². The van der Waals surface area contributed by atoms with Crippen molar-refractivity contribution < 1.29 is 19.4 Å². The first kappa shape index (κ1) is 18.8. The van der Waals surface area contributed by atoms with Crippen LogP contribution in [0.3, 0.4) is 0 Å². The van der Waals surface area contributed by atoms with Gasteiger partial charge in [-0.15, -0.1) is 11.8 Å². The van der Waals surface area contributed by atoms with E-state index in [9.17, 15) is 14.7 Å². The molecule has 0 radical (unpaired) electrons.